The van der Waals surface area contributed by atoms with E-state index in [-0.39, 0.29) is 51.4 Å². The Morgan fingerprint density at radius 2 is 1.50 bits per heavy atom. The van der Waals surface area contributed by atoms with Gasteiger partial charge in [0.1, 0.15) is 0 Å². The SMILES string of the molecule is N#[C][Cu][C]#N.[K]. The van der Waals surface area contributed by atoms with E-state index in [1.54, 1.807) is 9.94 Å². The summed E-state index contributed by atoms with van der Waals surface area (Å²) in [5.41, 5.74) is 0. The molecule has 2 nitrogen and oxygen atoms in total. The Morgan fingerprint density at radius 1 is 1.17 bits per heavy atom. The van der Waals surface area contributed by atoms with Crippen LogP contribution in [0.2, 0.25) is 0 Å². The summed E-state index contributed by atoms with van der Waals surface area (Å²) in [5, 5.41) is 15.1. The maximum atomic E-state index is 7.55. The fraction of sp³-hybridized carbons (Fsp3) is 0. The summed E-state index contributed by atoms with van der Waals surface area (Å²) in [6, 6.07) is 0. The molecule has 0 aromatic carbocycles. The van der Waals surface area contributed by atoms with Crippen molar-refractivity contribution in [2.45, 2.75) is 0 Å². The summed E-state index contributed by atoms with van der Waals surface area (Å²) in [5.74, 6) is 0. The van der Waals surface area contributed by atoms with Crippen molar-refractivity contribution in [2.24, 2.45) is 0 Å². The molecule has 0 unspecified atom stereocenters. The van der Waals surface area contributed by atoms with E-state index in [4.69, 9.17) is 10.5 Å². The van der Waals surface area contributed by atoms with Crippen LogP contribution in [0.25, 0.3) is 0 Å². The van der Waals surface area contributed by atoms with Gasteiger partial charge in [-0.05, 0) is 0 Å². The zero-order valence-electron chi connectivity index (χ0n) is 3.20. The summed E-state index contributed by atoms with van der Waals surface area (Å²) in [6.07, 6.45) is 0. The Morgan fingerprint density at radius 3 is 1.50 bits per heavy atom. The molecule has 0 fully saturated rings. The van der Waals surface area contributed by atoms with Gasteiger partial charge in [-0.2, -0.15) is 0 Å². The third kappa shape index (κ3) is 8.93. The molecule has 0 saturated heterocycles. The minimum absolute atomic E-state index is 0. The van der Waals surface area contributed by atoms with Crippen molar-refractivity contribution in [3.63, 3.8) is 0 Å². The topological polar surface area (TPSA) is 47.6 Å². The van der Waals surface area contributed by atoms with Crippen molar-refractivity contribution in [3.8, 4) is 9.94 Å². The zero-order valence-corrected chi connectivity index (χ0v) is 7.26. The number of hydrogen-bond donors (Lipinski definition) is 0. The Balaban J connectivity index is 0. The van der Waals surface area contributed by atoms with Gasteiger partial charge in [0.25, 0.3) is 0 Å². The number of hydrogen-bond acceptors (Lipinski definition) is 2. The van der Waals surface area contributed by atoms with Crippen LogP contribution in [0.15, 0.2) is 0 Å². The van der Waals surface area contributed by atoms with Gasteiger partial charge in [0, 0.05) is 51.4 Å². The normalized spacial score (nSPS) is 4.33. The van der Waals surface area contributed by atoms with E-state index in [0.29, 0.717) is 15.0 Å². The molecule has 0 rings (SSSR count). The standard InChI is InChI=1S/2CN.Cu.K/c2*1-2;;. The molecule has 30 valence electrons. The fourth-order valence-electron chi connectivity index (χ4n) is 0.0151. The maximum Gasteiger partial charge on any atom is 0 e. The molecule has 0 saturated carbocycles. The Bertz CT molecular complexity index is 76.7. The molecule has 0 atom stereocenters. The molecule has 1 radical (unpaired) electrons. The van der Waals surface area contributed by atoms with Gasteiger partial charge in [-0.1, -0.05) is 0 Å². The predicted octanol–water partition coefficient (Wildman–Crippen LogP) is -0.350. The third-order valence-corrected chi connectivity index (χ3v) is 0.278. The van der Waals surface area contributed by atoms with Crippen LogP contribution in [0.5, 0.6) is 0 Å². The first-order valence-electron chi connectivity index (χ1n) is 0.749. The second-order valence-corrected chi connectivity index (χ2v) is 0.867. The van der Waals surface area contributed by atoms with Crippen LogP contribution >= 0.6 is 0 Å². The Labute approximate surface area is 85.1 Å². The van der Waals surface area contributed by atoms with Gasteiger partial charge in [-0.25, -0.2) is 0 Å². The average Bonchev–Trinajstić information content (AvgIpc) is 1.41. The van der Waals surface area contributed by atoms with Crippen molar-refractivity contribution >= 4 is 51.4 Å². The average molecular weight is 155 g/mol. The maximum absolute atomic E-state index is 7.55. The van der Waals surface area contributed by atoms with Crippen LogP contribution in [0.1, 0.15) is 0 Å². The molecule has 0 aromatic heterocycles. The molecule has 4 heteroatoms. The Hall–Kier alpha value is 1.14. The summed E-state index contributed by atoms with van der Waals surface area (Å²) < 4.78 is 0. The fourth-order valence-corrected chi connectivity index (χ4v) is 0.0622. The van der Waals surface area contributed by atoms with Crippen molar-refractivity contribution in [1.29, 1.82) is 10.5 Å². The van der Waals surface area contributed by atoms with Gasteiger partial charge >= 0.3 is 35.4 Å². The smallest absolute Gasteiger partial charge is 0 e. The van der Waals surface area contributed by atoms with Gasteiger partial charge in [-0.3, -0.25) is 0 Å². The van der Waals surface area contributed by atoms with Crippen LogP contribution in [0.4, 0.5) is 0 Å². The van der Waals surface area contributed by atoms with Gasteiger partial charge in [0.2, 0.25) is 0 Å². The molecule has 6 heavy (non-hydrogen) atoms. The monoisotopic (exact) mass is 154 g/mol. The molecule has 0 heterocycles. The minimum Gasteiger partial charge on any atom is 0 e. The predicted molar refractivity (Wildman–Crippen MR) is 17.0 cm³/mol. The van der Waals surface area contributed by atoms with Crippen LogP contribution in [0, 0.1) is 20.5 Å². The number of nitrogens with zero attached hydrogens (tertiary/aromatic N) is 2. The van der Waals surface area contributed by atoms with E-state index in [0.717, 1.165) is 0 Å². The van der Waals surface area contributed by atoms with Crippen molar-refractivity contribution in [2.75, 3.05) is 0 Å². The van der Waals surface area contributed by atoms with E-state index < -0.39 is 0 Å². The van der Waals surface area contributed by atoms with Gasteiger partial charge in [-0.15, -0.1) is 0 Å². The molecular formula is C2CuKN2. The molecule has 0 spiro atoms. The molecule has 0 N–H and O–H groups in total. The molecule has 0 bridgehead atoms. The van der Waals surface area contributed by atoms with E-state index in [1.165, 1.54) is 0 Å². The molecule has 0 aromatic rings. The molecule has 0 aliphatic rings. The third-order valence-electron chi connectivity index (χ3n) is 0.0674. The van der Waals surface area contributed by atoms with Crippen LogP contribution in [0.3, 0.4) is 0 Å². The summed E-state index contributed by atoms with van der Waals surface area (Å²) in [4.78, 5) is 3.12. The van der Waals surface area contributed by atoms with Crippen LogP contribution in [-0.4, -0.2) is 51.4 Å². The van der Waals surface area contributed by atoms with Crippen molar-refractivity contribution < 1.29 is 15.0 Å². The van der Waals surface area contributed by atoms with Crippen LogP contribution in [-0.2, 0) is 15.0 Å². The molecule has 0 aliphatic heterocycles. The van der Waals surface area contributed by atoms with Crippen molar-refractivity contribution in [3.05, 3.63) is 0 Å². The summed E-state index contributed by atoms with van der Waals surface area (Å²) in [7, 11) is 0. The van der Waals surface area contributed by atoms with E-state index in [2.05, 4.69) is 0 Å². The second kappa shape index (κ2) is 9.46. The minimum atomic E-state index is 0. The van der Waals surface area contributed by atoms with Crippen molar-refractivity contribution in [1.82, 2.24) is 0 Å². The summed E-state index contributed by atoms with van der Waals surface area (Å²) in [6.45, 7) is 0. The Kier molecular flexibility index (Phi) is 16.1. The number of nitriles is 2. The first kappa shape index (κ1) is 10.2. The van der Waals surface area contributed by atoms with E-state index in [9.17, 15) is 0 Å². The molecular weight excluding hydrogens is 155 g/mol. The number of rotatable bonds is 0. The first-order valence-corrected chi connectivity index (χ1v) is 1.69. The zero-order chi connectivity index (χ0) is 4.12. The van der Waals surface area contributed by atoms with E-state index in [1.807, 2.05) is 0 Å². The van der Waals surface area contributed by atoms with Gasteiger partial charge in [0.15, 0.2) is 0 Å². The first-order chi connectivity index (χ1) is 2.41. The van der Waals surface area contributed by atoms with Crippen LogP contribution < -0.4 is 0 Å². The van der Waals surface area contributed by atoms with Gasteiger partial charge < -0.3 is 0 Å². The van der Waals surface area contributed by atoms with E-state index >= 15 is 0 Å². The second-order valence-electron chi connectivity index (χ2n) is 0.210. The quantitative estimate of drug-likeness (QED) is 0.448. The molecule has 0 amide bonds. The molecule has 0 aliphatic carbocycles. The summed E-state index contributed by atoms with van der Waals surface area (Å²) >= 11 is 0.646. The largest absolute Gasteiger partial charge is 0 e. The van der Waals surface area contributed by atoms with Gasteiger partial charge in [0.05, 0.1) is 0 Å².